The topological polar surface area (TPSA) is 126 Å². The Morgan fingerprint density at radius 2 is 1.89 bits per heavy atom. The number of hydrogen-bond donors (Lipinski definition) is 2. The average Bonchev–Trinajstić information content (AvgIpc) is 3.36. The van der Waals surface area contributed by atoms with Gasteiger partial charge in [0, 0.05) is 5.56 Å². The molecule has 180 valence electrons. The number of Topliss-reactive ketones (excluding diaryl/α,β-unsaturated/α-hetero) is 1. The molecule has 1 saturated heterocycles. The van der Waals surface area contributed by atoms with Crippen LogP contribution in [-0.2, 0) is 14.3 Å². The Kier molecular flexibility index (Phi) is 6.57. The zero-order valence-corrected chi connectivity index (χ0v) is 20.0. The fraction of sp³-hybridized carbons (Fsp3) is 0.200. The number of aromatic nitrogens is 1. The van der Waals surface area contributed by atoms with Crippen molar-refractivity contribution in [1.82, 2.24) is 4.98 Å². The molecule has 2 aromatic carbocycles. The predicted octanol–water partition coefficient (Wildman–Crippen LogP) is 3.97. The first kappa shape index (κ1) is 24.0. The molecule has 0 aliphatic carbocycles. The fourth-order valence-corrected chi connectivity index (χ4v) is 4.82. The second kappa shape index (κ2) is 9.59. The maximum Gasteiger partial charge on any atom is 0.350 e. The van der Waals surface area contributed by atoms with Gasteiger partial charge >= 0.3 is 11.9 Å². The van der Waals surface area contributed by atoms with E-state index in [-0.39, 0.29) is 39.4 Å². The number of carbonyl (C=O) groups excluding carboxylic acids is 3. The first-order chi connectivity index (χ1) is 16.8. The van der Waals surface area contributed by atoms with E-state index in [0.29, 0.717) is 16.8 Å². The highest BCUT2D eigenvalue weighted by atomic mass is 32.1. The SMILES string of the molecule is CCOC(=O)c1sc(N2C(=O)C(=O)/C(=C(/O)c3ccccc3)[C@@H]2c2ccc(O)c(OC)c2)nc1C. The standard InChI is InChI=1S/C25H22N2O7S/c1-4-34-24(32)22-13(2)26-25(35-22)27-19(15-10-11-16(28)17(12-15)33-3)18(21(30)23(27)31)20(29)14-8-6-5-7-9-14/h5-12,19,28-29H,4H2,1-3H3/b20-18+/t19-/m0/s1. The number of anilines is 1. The van der Waals surface area contributed by atoms with Gasteiger partial charge in [-0.3, -0.25) is 14.5 Å². The van der Waals surface area contributed by atoms with Crippen LogP contribution in [0.15, 0.2) is 54.1 Å². The van der Waals surface area contributed by atoms with Crippen molar-refractivity contribution >= 4 is 39.9 Å². The second-order valence-electron chi connectivity index (χ2n) is 7.60. The molecule has 2 heterocycles. The van der Waals surface area contributed by atoms with Crippen LogP contribution in [0.3, 0.4) is 0 Å². The van der Waals surface area contributed by atoms with Crippen LogP contribution in [0.1, 0.15) is 39.5 Å². The van der Waals surface area contributed by atoms with Crippen LogP contribution in [0, 0.1) is 6.92 Å². The molecular formula is C25H22N2O7S. The summed E-state index contributed by atoms with van der Waals surface area (Å²) in [5.74, 6) is -2.78. The molecular weight excluding hydrogens is 472 g/mol. The molecule has 10 heteroatoms. The third-order valence-corrected chi connectivity index (χ3v) is 6.60. The van der Waals surface area contributed by atoms with E-state index in [1.54, 1.807) is 44.2 Å². The fourth-order valence-electron chi connectivity index (χ4n) is 3.83. The maximum atomic E-state index is 13.3. The van der Waals surface area contributed by atoms with E-state index in [1.165, 1.54) is 25.3 Å². The zero-order chi connectivity index (χ0) is 25.3. The van der Waals surface area contributed by atoms with Gasteiger partial charge in [0.2, 0.25) is 0 Å². The van der Waals surface area contributed by atoms with Crippen molar-refractivity contribution in [3.63, 3.8) is 0 Å². The van der Waals surface area contributed by atoms with E-state index in [0.717, 1.165) is 16.2 Å². The van der Waals surface area contributed by atoms with Gasteiger partial charge in [-0.15, -0.1) is 0 Å². The summed E-state index contributed by atoms with van der Waals surface area (Å²) in [6.45, 7) is 3.45. The number of methoxy groups -OCH3 is 1. The normalized spacial score (nSPS) is 17.0. The van der Waals surface area contributed by atoms with Gasteiger partial charge < -0.3 is 19.7 Å². The van der Waals surface area contributed by atoms with Gasteiger partial charge in [0.1, 0.15) is 10.6 Å². The molecule has 0 bridgehead atoms. The van der Waals surface area contributed by atoms with Gasteiger partial charge in [0.25, 0.3) is 5.78 Å². The number of aliphatic hydroxyl groups excluding tert-OH is 1. The van der Waals surface area contributed by atoms with Crippen LogP contribution in [0.5, 0.6) is 11.5 Å². The Morgan fingerprint density at radius 1 is 1.17 bits per heavy atom. The van der Waals surface area contributed by atoms with Crippen molar-refractivity contribution in [2.45, 2.75) is 19.9 Å². The van der Waals surface area contributed by atoms with Crippen LogP contribution in [0.4, 0.5) is 5.13 Å². The highest BCUT2D eigenvalue weighted by Gasteiger charge is 2.48. The van der Waals surface area contributed by atoms with Crippen molar-refractivity contribution < 1.29 is 34.1 Å². The molecule has 35 heavy (non-hydrogen) atoms. The van der Waals surface area contributed by atoms with Gasteiger partial charge in [-0.2, -0.15) is 0 Å². The molecule has 0 unspecified atom stereocenters. The Balaban J connectivity index is 1.94. The van der Waals surface area contributed by atoms with Crippen molar-refractivity contribution in [3.8, 4) is 11.5 Å². The third kappa shape index (κ3) is 4.24. The minimum atomic E-state index is -1.09. The minimum absolute atomic E-state index is 0.0943. The molecule has 1 amide bonds. The Labute approximate surface area is 204 Å². The Hall–Kier alpha value is -4.18. The number of nitrogens with zero attached hydrogens (tertiary/aromatic N) is 2. The van der Waals surface area contributed by atoms with Crippen LogP contribution < -0.4 is 9.64 Å². The van der Waals surface area contributed by atoms with Crippen molar-refractivity contribution in [2.75, 3.05) is 18.6 Å². The van der Waals surface area contributed by atoms with Crippen LogP contribution in [-0.4, -0.2) is 46.6 Å². The summed E-state index contributed by atoms with van der Waals surface area (Å²) < 4.78 is 10.3. The second-order valence-corrected chi connectivity index (χ2v) is 8.58. The van der Waals surface area contributed by atoms with Gasteiger partial charge in [0.05, 0.1) is 31.0 Å². The molecule has 1 aliphatic rings. The minimum Gasteiger partial charge on any atom is -0.507 e. The van der Waals surface area contributed by atoms with Crippen LogP contribution in [0.25, 0.3) is 5.76 Å². The number of esters is 1. The number of aryl methyl sites for hydroxylation is 1. The molecule has 1 atom stereocenters. The first-order valence-corrected chi connectivity index (χ1v) is 11.5. The number of hydrogen-bond acceptors (Lipinski definition) is 9. The van der Waals surface area contributed by atoms with Crippen LogP contribution >= 0.6 is 11.3 Å². The number of amides is 1. The molecule has 4 rings (SSSR count). The summed E-state index contributed by atoms with van der Waals surface area (Å²) in [5, 5.41) is 21.3. The third-order valence-electron chi connectivity index (χ3n) is 5.46. The summed E-state index contributed by atoms with van der Waals surface area (Å²) in [7, 11) is 1.37. The molecule has 1 aromatic heterocycles. The number of rotatable bonds is 6. The predicted molar refractivity (Wildman–Crippen MR) is 129 cm³/mol. The van der Waals surface area contributed by atoms with Gasteiger partial charge in [-0.25, -0.2) is 9.78 Å². The van der Waals surface area contributed by atoms with E-state index >= 15 is 0 Å². The molecule has 1 aliphatic heterocycles. The average molecular weight is 495 g/mol. The molecule has 9 nitrogen and oxygen atoms in total. The lowest BCUT2D eigenvalue weighted by Gasteiger charge is -2.23. The summed E-state index contributed by atoms with van der Waals surface area (Å²) in [5.41, 5.74) is 0.931. The number of benzene rings is 2. The summed E-state index contributed by atoms with van der Waals surface area (Å²) >= 11 is 0.914. The lowest BCUT2D eigenvalue weighted by Crippen LogP contribution is -2.29. The van der Waals surface area contributed by atoms with E-state index in [2.05, 4.69) is 4.98 Å². The number of phenols is 1. The van der Waals surface area contributed by atoms with Crippen molar-refractivity contribution in [2.24, 2.45) is 0 Å². The van der Waals surface area contributed by atoms with Crippen molar-refractivity contribution in [3.05, 3.63) is 75.8 Å². The quantitative estimate of drug-likeness (QED) is 0.228. The monoisotopic (exact) mass is 494 g/mol. The van der Waals surface area contributed by atoms with E-state index in [9.17, 15) is 24.6 Å². The Morgan fingerprint density at radius 3 is 2.54 bits per heavy atom. The molecule has 0 saturated carbocycles. The lowest BCUT2D eigenvalue weighted by atomic mass is 9.95. The van der Waals surface area contributed by atoms with E-state index in [4.69, 9.17) is 9.47 Å². The molecule has 0 spiro atoms. The smallest absolute Gasteiger partial charge is 0.350 e. The maximum absolute atomic E-state index is 13.3. The van der Waals surface area contributed by atoms with Crippen LogP contribution in [0.2, 0.25) is 0 Å². The summed E-state index contributed by atoms with van der Waals surface area (Å²) in [6.07, 6.45) is 0. The largest absolute Gasteiger partial charge is 0.507 e. The molecule has 3 aromatic rings. The number of aromatic hydroxyl groups is 1. The first-order valence-electron chi connectivity index (χ1n) is 10.7. The zero-order valence-electron chi connectivity index (χ0n) is 19.1. The van der Waals surface area contributed by atoms with E-state index in [1.807, 2.05) is 0 Å². The number of phenolic OH excluding ortho intramolecular Hbond substituents is 1. The number of ketones is 1. The number of aliphatic hydroxyl groups is 1. The number of carbonyl (C=O) groups is 3. The summed E-state index contributed by atoms with van der Waals surface area (Å²) in [6, 6.07) is 11.6. The van der Waals surface area contributed by atoms with Gasteiger partial charge in [-0.05, 0) is 31.5 Å². The molecule has 0 radical (unpaired) electrons. The lowest BCUT2D eigenvalue weighted by molar-refractivity contribution is -0.132. The number of ether oxygens (including phenoxy) is 2. The van der Waals surface area contributed by atoms with Crippen molar-refractivity contribution in [1.29, 1.82) is 0 Å². The highest BCUT2D eigenvalue weighted by molar-refractivity contribution is 7.17. The Bertz CT molecular complexity index is 1350. The molecule has 1 fully saturated rings. The highest BCUT2D eigenvalue weighted by Crippen LogP contribution is 2.45. The number of thiazole rings is 1. The van der Waals surface area contributed by atoms with Gasteiger partial charge in [-0.1, -0.05) is 47.7 Å². The summed E-state index contributed by atoms with van der Waals surface area (Å²) in [4.78, 5) is 44.6. The molecule has 2 N–H and O–H groups in total. The van der Waals surface area contributed by atoms with Gasteiger partial charge in [0.15, 0.2) is 16.6 Å². The van der Waals surface area contributed by atoms with E-state index < -0.39 is 23.7 Å².